The van der Waals surface area contributed by atoms with Gasteiger partial charge in [0.25, 0.3) is 6.02 Å². The van der Waals surface area contributed by atoms with Crippen molar-refractivity contribution < 1.29 is 9.90 Å². The predicted octanol–water partition coefficient (Wildman–Crippen LogP) is 6.21. The molecule has 0 radical (unpaired) electrons. The molecule has 0 aromatic rings. The lowest BCUT2D eigenvalue weighted by Gasteiger charge is -2.13. The number of amidine groups is 1. The second kappa shape index (κ2) is 15.7. The number of carbonyl (C=O) groups excluding carboxylic acids is 1. The van der Waals surface area contributed by atoms with Crippen LogP contribution in [0.2, 0.25) is 0 Å². The van der Waals surface area contributed by atoms with Crippen LogP contribution in [-0.2, 0) is 4.79 Å². The Morgan fingerprint density at radius 1 is 0.963 bits per heavy atom. The number of rotatable bonds is 17. The standard InChI is InChI=1S/C23H42N2O2/c1-3-5-6-7-8-9-10-11-12-13-14-15-16-17-18-19-22(26)21-20-25(4-2)23(27)24-21/h11-12,21H,3-10,13-20H2,1-2H3,(H,24,27). The molecule has 1 unspecified atom stereocenters. The Hall–Kier alpha value is -1.32. The Morgan fingerprint density at radius 2 is 1.52 bits per heavy atom. The average molecular weight is 379 g/mol. The average Bonchev–Trinajstić information content (AvgIpc) is 3.05. The van der Waals surface area contributed by atoms with Crippen LogP contribution in [0.15, 0.2) is 17.1 Å². The molecular formula is C23H42N2O2. The number of nitrogens with zero attached hydrogens (tertiary/aromatic N) is 2. The summed E-state index contributed by atoms with van der Waals surface area (Å²) in [6.45, 7) is 5.47. The van der Waals surface area contributed by atoms with Crippen molar-refractivity contribution >= 4 is 11.8 Å². The molecule has 156 valence electrons. The number of ketones is 1. The summed E-state index contributed by atoms with van der Waals surface area (Å²) in [4.78, 5) is 18.0. The van der Waals surface area contributed by atoms with Gasteiger partial charge in [0.1, 0.15) is 6.04 Å². The quantitative estimate of drug-likeness (QED) is 0.242. The van der Waals surface area contributed by atoms with Gasteiger partial charge in [-0.3, -0.25) is 4.79 Å². The molecule has 0 fully saturated rings. The van der Waals surface area contributed by atoms with Gasteiger partial charge >= 0.3 is 0 Å². The Balaban J connectivity index is 1.88. The van der Waals surface area contributed by atoms with Crippen LogP contribution in [0.5, 0.6) is 0 Å². The van der Waals surface area contributed by atoms with Crippen molar-refractivity contribution in [2.24, 2.45) is 4.99 Å². The largest absolute Gasteiger partial charge is 0.481 e. The lowest BCUT2D eigenvalue weighted by Crippen LogP contribution is -2.31. The first-order valence-electron chi connectivity index (χ1n) is 11.4. The van der Waals surface area contributed by atoms with E-state index in [0.717, 1.165) is 12.8 Å². The van der Waals surface area contributed by atoms with E-state index in [-0.39, 0.29) is 17.8 Å². The minimum Gasteiger partial charge on any atom is -0.481 e. The third-order valence-electron chi connectivity index (χ3n) is 5.39. The van der Waals surface area contributed by atoms with Crippen LogP contribution in [0.25, 0.3) is 0 Å². The van der Waals surface area contributed by atoms with E-state index in [1.807, 2.05) is 6.92 Å². The van der Waals surface area contributed by atoms with Crippen molar-refractivity contribution in [1.82, 2.24) is 4.90 Å². The van der Waals surface area contributed by atoms with Gasteiger partial charge in [-0.25, -0.2) is 4.99 Å². The number of hydrogen-bond acceptors (Lipinski definition) is 3. The van der Waals surface area contributed by atoms with Crippen molar-refractivity contribution in [1.29, 1.82) is 0 Å². The zero-order valence-corrected chi connectivity index (χ0v) is 17.8. The fourth-order valence-corrected chi connectivity index (χ4v) is 3.53. The second-order valence-corrected chi connectivity index (χ2v) is 7.78. The minimum absolute atomic E-state index is 0.0281. The number of aliphatic imine (C=N–C) groups is 1. The molecule has 1 aliphatic rings. The van der Waals surface area contributed by atoms with Crippen molar-refractivity contribution in [3.63, 3.8) is 0 Å². The van der Waals surface area contributed by atoms with Gasteiger partial charge in [0.05, 0.1) is 6.54 Å². The molecular weight excluding hydrogens is 336 g/mol. The zero-order chi connectivity index (χ0) is 19.7. The highest BCUT2D eigenvalue weighted by atomic mass is 16.3. The Kier molecular flexibility index (Phi) is 13.8. The molecule has 1 atom stereocenters. The third-order valence-corrected chi connectivity index (χ3v) is 5.39. The van der Waals surface area contributed by atoms with E-state index in [1.54, 1.807) is 4.90 Å². The molecule has 0 aromatic carbocycles. The summed E-state index contributed by atoms with van der Waals surface area (Å²) in [5.74, 6) is 0.176. The van der Waals surface area contributed by atoms with Gasteiger partial charge in [-0.2, -0.15) is 0 Å². The van der Waals surface area contributed by atoms with Crippen molar-refractivity contribution in [3.8, 4) is 0 Å². The van der Waals surface area contributed by atoms with Crippen LogP contribution < -0.4 is 0 Å². The maximum atomic E-state index is 12.1. The van der Waals surface area contributed by atoms with Crippen molar-refractivity contribution in [2.75, 3.05) is 13.1 Å². The summed E-state index contributed by atoms with van der Waals surface area (Å²) in [7, 11) is 0. The van der Waals surface area contributed by atoms with Crippen LogP contribution >= 0.6 is 0 Å². The maximum absolute atomic E-state index is 12.1. The van der Waals surface area contributed by atoms with Gasteiger partial charge in [0.2, 0.25) is 0 Å². The summed E-state index contributed by atoms with van der Waals surface area (Å²) in [6, 6.07) is -0.317. The van der Waals surface area contributed by atoms with Crippen LogP contribution in [0.4, 0.5) is 0 Å². The topological polar surface area (TPSA) is 52.9 Å². The molecule has 1 heterocycles. The first-order valence-corrected chi connectivity index (χ1v) is 11.4. The summed E-state index contributed by atoms with van der Waals surface area (Å²) in [5.41, 5.74) is 0. The number of allylic oxidation sites excluding steroid dienone is 2. The van der Waals surface area contributed by atoms with E-state index in [0.29, 0.717) is 19.5 Å². The van der Waals surface area contributed by atoms with E-state index in [4.69, 9.17) is 0 Å². The molecule has 0 amide bonds. The molecule has 1 rings (SSSR count). The van der Waals surface area contributed by atoms with Crippen LogP contribution in [0.1, 0.15) is 104 Å². The molecule has 0 aromatic heterocycles. The van der Waals surface area contributed by atoms with Gasteiger partial charge in [-0.05, 0) is 39.0 Å². The summed E-state index contributed by atoms with van der Waals surface area (Å²) < 4.78 is 0. The Bertz CT molecular complexity index is 446. The first-order chi connectivity index (χ1) is 13.2. The molecule has 0 aliphatic carbocycles. The SMILES string of the molecule is CCCCCCCCC=CCCCCCCCC(=O)C1CN(CC)C(O)=N1. The van der Waals surface area contributed by atoms with Gasteiger partial charge in [-0.15, -0.1) is 0 Å². The molecule has 27 heavy (non-hydrogen) atoms. The van der Waals surface area contributed by atoms with E-state index in [9.17, 15) is 9.90 Å². The van der Waals surface area contributed by atoms with Gasteiger partial charge in [-0.1, -0.05) is 70.4 Å². The molecule has 4 nitrogen and oxygen atoms in total. The van der Waals surface area contributed by atoms with Crippen LogP contribution in [-0.4, -0.2) is 40.9 Å². The number of likely N-dealkylation sites (N-methyl/N-ethyl adjacent to an activating group) is 1. The Labute approximate surface area is 167 Å². The first kappa shape index (κ1) is 23.7. The zero-order valence-electron chi connectivity index (χ0n) is 17.8. The van der Waals surface area contributed by atoms with Crippen LogP contribution in [0, 0.1) is 0 Å². The van der Waals surface area contributed by atoms with Crippen molar-refractivity contribution in [3.05, 3.63) is 12.2 Å². The fourth-order valence-electron chi connectivity index (χ4n) is 3.53. The lowest BCUT2D eigenvalue weighted by atomic mass is 10.0. The fraction of sp³-hybridized carbons (Fsp3) is 0.826. The Morgan fingerprint density at radius 3 is 2.07 bits per heavy atom. The maximum Gasteiger partial charge on any atom is 0.285 e. The monoisotopic (exact) mass is 378 g/mol. The molecule has 1 N–H and O–H groups in total. The number of Topliss-reactive ketones (excluding diaryl/α,β-unsaturated/α-hetero) is 1. The van der Waals surface area contributed by atoms with E-state index < -0.39 is 0 Å². The minimum atomic E-state index is -0.346. The number of carbonyl (C=O) groups is 1. The second-order valence-electron chi connectivity index (χ2n) is 7.78. The summed E-state index contributed by atoms with van der Waals surface area (Å²) in [5, 5.41) is 9.63. The molecule has 0 saturated heterocycles. The highest BCUT2D eigenvalue weighted by molar-refractivity contribution is 5.89. The van der Waals surface area contributed by atoms with Gasteiger partial charge < -0.3 is 10.0 Å². The van der Waals surface area contributed by atoms with Crippen LogP contribution in [0.3, 0.4) is 0 Å². The van der Waals surface area contributed by atoms with Gasteiger partial charge in [0.15, 0.2) is 5.78 Å². The molecule has 0 bridgehead atoms. The number of unbranched alkanes of at least 4 members (excludes halogenated alkanes) is 11. The highest BCUT2D eigenvalue weighted by Gasteiger charge is 2.28. The smallest absolute Gasteiger partial charge is 0.285 e. The molecule has 0 saturated carbocycles. The third kappa shape index (κ3) is 11.2. The predicted molar refractivity (Wildman–Crippen MR) is 116 cm³/mol. The number of aliphatic hydroxyl groups excluding tert-OH is 1. The van der Waals surface area contributed by atoms with E-state index >= 15 is 0 Å². The molecule has 0 spiro atoms. The number of aliphatic hydroxyl groups is 1. The van der Waals surface area contributed by atoms with Gasteiger partial charge in [0, 0.05) is 13.0 Å². The van der Waals surface area contributed by atoms with Crippen molar-refractivity contribution in [2.45, 2.75) is 110 Å². The normalized spacial score (nSPS) is 17.0. The van der Waals surface area contributed by atoms with E-state index in [2.05, 4.69) is 24.1 Å². The summed E-state index contributed by atoms with van der Waals surface area (Å²) in [6.07, 6.45) is 21.7. The molecule has 1 aliphatic heterocycles. The molecule has 4 heteroatoms. The number of hydrogen-bond donors (Lipinski definition) is 1. The lowest BCUT2D eigenvalue weighted by molar-refractivity contribution is -0.120. The van der Waals surface area contributed by atoms with E-state index in [1.165, 1.54) is 70.6 Å². The highest BCUT2D eigenvalue weighted by Crippen LogP contribution is 2.14. The summed E-state index contributed by atoms with van der Waals surface area (Å²) >= 11 is 0.